The van der Waals surface area contributed by atoms with Gasteiger partial charge in [-0.3, -0.25) is 4.79 Å². The Morgan fingerprint density at radius 1 is 1.04 bits per heavy atom. The van der Waals surface area contributed by atoms with Gasteiger partial charge in [0.05, 0.1) is 24.8 Å². The summed E-state index contributed by atoms with van der Waals surface area (Å²) in [6.45, 7) is 4.02. The number of methoxy groups -OCH3 is 2. The molecule has 0 saturated carbocycles. The zero-order valence-electron chi connectivity index (χ0n) is 15.1. The molecule has 0 spiro atoms. The lowest BCUT2D eigenvalue weighted by Crippen LogP contribution is -2.19. The molecule has 1 saturated heterocycles. The molecule has 1 amide bonds. The van der Waals surface area contributed by atoms with E-state index in [0.29, 0.717) is 21.6 Å². The first-order valence-corrected chi connectivity index (χ1v) is 8.90. The number of carbonyl (C=O) groups excluding carboxylic acids is 1. The minimum absolute atomic E-state index is 0.166. The van der Waals surface area contributed by atoms with E-state index in [1.807, 2.05) is 44.2 Å². The highest BCUT2D eigenvalue weighted by molar-refractivity contribution is 8.18. The summed E-state index contributed by atoms with van der Waals surface area (Å²) in [5.74, 6) is 1.17. The summed E-state index contributed by atoms with van der Waals surface area (Å²) in [6, 6.07) is 11.6. The summed E-state index contributed by atoms with van der Waals surface area (Å²) in [6.07, 6.45) is 1.80. The summed E-state index contributed by atoms with van der Waals surface area (Å²) in [7, 11) is 3.19. The maximum atomic E-state index is 12.3. The predicted molar refractivity (Wildman–Crippen MR) is 106 cm³/mol. The van der Waals surface area contributed by atoms with Gasteiger partial charge >= 0.3 is 0 Å². The molecular formula is C20H20N2O3S. The largest absolute Gasteiger partial charge is 0.497 e. The van der Waals surface area contributed by atoms with Crippen LogP contribution in [-0.2, 0) is 4.79 Å². The van der Waals surface area contributed by atoms with Gasteiger partial charge < -0.3 is 14.8 Å². The van der Waals surface area contributed by atoms with E-state index in [9.17, 15) is 4.79 Å². The molecule has 134 valence electrons. The molecule has 3 rings (SSSR count). The molecule has 1 N–H and O–H groups in total. The maximum Gasteiger partial charge on any atom is 0.264 e. The van der Waals surface area contributed by atoms with Crippen LogP contribution in [0.15, 0.2) is 46.3 Å². The molecule has 6 heteroatoms. The number of hydrogen-bond acceptors (Lipinski definition) is 5. The summed E-state index contributed by atoms with van der Waals surface area (Å²) in [5.41, 5.74) is 3.88. The minimum Gasteiger partial charge on any atom is -0.497 e. The fourth-order valence-corrected chi connectivity index (χ4v) is 3.33. The van der Waals surface area contributed by atoms with Crippen LogP contribution in [0.5, 0.6) is 11.5 Å². The highest BCUT2D eigenvalue weighted by Crippen LogP contribution is 2.31. The van der Waals surface area contributed by atoms with Crippen molar-refractivity contribution in [2.45, 2.75) is 13.8 Å². The van der Waals surface area contributed by atoms with Crippen LogP contribution in [0.2, 0.25) is 0 Å². The quantitative estimate of drug-likeness (QED) is 0.821. The fourth-order valence-electron chi connectivity index (χ4n) is 2.49. The lowest BCUT2D eigenvalue weighted by Gasteiger charge is -2.06. The van der Waals surface area contributed by atoms with Crippen molar-refractivity contribution in [3.05, 3.63) is 58.0 Å². The first kappa shape index (κ1) is 18.1. The fraction of sp³-hybridized carbons (Fsp3) is 0.200. The number of nitrogens with zero attached hydrogens (tertiary/aromatic N) is 1. The number of rotatable bonds is 4. The van der Waals surface area contributed by atoms with Gasteiger partial charge in [-0.25, -0.2) is 4.99 Å². The van der Waals surface area contributed by atoms with E-state index >= 15 is 0 Å². The van der Waals surface area contributed by atoms with Crippen LogP contribution in [0.25, 0.3) is 6.08 Å². The van der Waals surface area contributed by atoms with Crippen LogP contribution in [0.1, 0.15) is 16.7 Å². The zero-order valence-corrected chi connectivity index (χ0v) is 15.9. The van der Waals surface area contributed by atoms with Gasteiger partial charge in [-0.15, -0.1) is 0 Å². The monoisotopic (exact) mass is 368 g/mol. The van der Waals surface area contributed by atoms with Gasteiger partial charge in [-0.05, 0) is 66.6 Å². The normalized spacial score (nSPS) is 16.8. The number of hydrogen-bond donors (Lipinski definition) is 1. The summed E-state index contributed by atoms with van der Waals surface area (Å²) >= 11 is 1.32. The summed E-state index contributed by atoms with van der Waals surface area (Å²) in [5, 5.41) is 3.39. The van der Waals surface area contributed by atoms with Gasteiger partial charge in [-0.1, -0.05) is 12.1 Å². The Bertz CT molecular complexity index is 897. The topological polar surface area (TPSA) is 59.9 Å². The number of thioether (sulfide) groups is 1. The Morgan fingerprint density at radius 2 is 1.73 bits per heavy atom. The van der Waals surface area contributed by atoms with E-state index in [1.165, 1.54) is 11.8 Å². The number of ether oxygens (including phenoxy) is 2. The number of nitrogens with one attached hydrogen (secondary N) is 1. The average Bonchev–Trinajstić information content (AvgIpc) is 2.96. The average molecular weight is 368 g/mol. The second kappa shape index (κ2) is 7.66. The van der Waals surface area contributed by atoms with E-state index in [-0.39, 0.29) is 5.91 Å². The Morgan fingerprint density at radius 3 is 2.38 bits per heavy atom. The molecule has 26 heavy (non-hydrogen) atoms. The minimum atomic E-state index is -0.166. The first-order valence-electron chi connectivity index (χ1n) is 8.08. The van der Waals surface area contributed by atoms with Crippen LogP contribution in [-0.4, -0.2) is 25.3 Å². The Labute approximate surface area is 157 Å². The van der Waals surface area contributed by atoms with Crippen molar-refractivity contribution in [3.8, 4) is 11.5 Å². The standard InChI is InChI=1S/C20H20N2O3S/c1-12-5-6-13(2)17(7-12)21-20-22-19(23)18(26-20)10-14-8-15(24-3)11-16(9-14)25-4/h5-11H,1-4H3,(H,21,22,23). The molecule has 0 atom stereocenters. The maximum absolute atomic E-state index is 12.3. The molecule has 5 nitrogen and oxygen atoms in total. The third kappa shape index (κ3) is 4.08. The molecular weight excluding hydrogens is 348 g/mol. The molecule has 0 aliphatic carbocycles. The van der Waals surface area contributed by atoms with Crippen molar-refractivity contribution in [1.29, 1.82) is 0 Å². The molecule has 0 bridgehead atoms. The lowest BCUT2D eigenvalue weighted by atomic mass is 10.1. The Kier molecular flexibility index (Phi) is 5.32. The van der Waals surface area contributed by atoms with Gasteiger partial charge in [0.1, 0.15) is 11.5 Å². The van der Waals surface area contributed by atoms with Crippen molar-refractivity contribution in [2.24, 2.45) is 4.99 Å². The third-order valence-corrected chi connectivity index (χ3v) is 4.82. The van der Waals surface area contributed by atoms with Gasteiger partial charge in [0.2, 0.25) is 0 Å². The van der Waals surface area contributed by atoms with Gasteiger partial charge in [0.15, 0.2) is 5.17 Å². The number of aryl methyl sites for hydroxylation is 2. The number of amides is 1. The van der Waals surface area contributed by atoms with Crippen LogP contribution < -0.4 is 14.8 Å². The van der Waals surface area contributed by atoms with Crippen LogP contribution in [0.3, 0.4) is 0 Å². The molecule has 1 aliphatic rings. The van der Waals surface area contributed by atoms with Gasteiger partial charge in [-0.2, -0.15) is 0 Å². The van der Waals surface area contributed by atoms with E-state index in [1.54, 1.807) is 26.4 Å². The lowest BCUT2D eigenvalue weighted by molar-refractivity contribution is -0.115. The molecule has 1 heterocycles. The zero-order chi connectivity index (χ0) is 18.7. The van der Waals surface area contributed by atoms with Crippen molar-refractivity contribution >= 4 is 34.6 Å². The van der Waals surface area contributed by atoms with E-state index < -0.39 is 0 Å². The van der Waals surface area contributed by atoms with Crippen molar-refractivity contribution < 1.29 is 14.3 Å². The highest BCUT2D eigenvalue weighted by atomic mass is 32.2. The molecule has 0 radical (unpaired) electrons. The molecule has 0 aromatic heterocycles. The number of aliphatic imine (C=N–C) groups is 1. The van der Waals surface area contributed by atoms with E-state index in [2.05, 4.69) is 10.3 Å². The van der Waals surface area contributed by atoms with E-state index in [0.717, 1.165) is 22.4 Å². The molecule has 1 fully saturated rings. The van der Waals surface area contributed by atoms with Gasteiger partial charge in [0.25, 0.3) is 5.91 Å². The highest BCUT2D eigenvalue weighted by Gasteiger charge is 2.24. The second-order valence-electron chi connectivity index (χ2n) is 5.92. The first-order chi connectivity index (χ1) is 12.5. The molecule has 2 aromatic carbocycles. The van der Waals surface area contributed by atoms with Crippen molar-refractivity contribution in [2.75, 3.05) is 14.2 Å². The van der Waals surface area contributed by atoms with Gasteiger partial charge in [0, 0.05) is 6.07 Å². The number of carbonyl (C=O) groups is 1. The predicted octanol–water partition coefficient (Wildman–Crippen LogP) is 4.21. The third-order valence-electron chi connectivity index (χ3n) is 3.91. The van der Waals surface area contributed by atoms with E-state index in [4.69, 9.17) is 9.47 Å². The van der Waals surface area contributed by atoms with Crippen LogP contribution in [0.4, 0.5) is 5.69 Å². The summed E-state index contributed by atoms with van der Waals surface area (Å²) in [4.78, 5) is 17.5. The number of amidine groups is 1. The SMILES string of the molecule is COc1cc(C=C2SC(=Nc3cc(C)ccc3C)NC2=O)cc(OC)c1. The van der Waals surface area contributed by atoms with Crippen LogP contribution in [0, 0.1) is 13.8 Å². The Balaban J connectivity index is 1.89. The number of benzene rings is 2. The second-order valence-corrected chi connectivity index (χ2v) is 6.95. The van der Waals surface area contributed by atoms with Crippen LogP contribution >= 0.6 is 11.8 Å². The summed E-state index contributed by atoms with van der Waals surface area (Å²) < 4.78 is 10.5. The van der Waals surface area contributed by atoms with Crippen molar-refractivity contribution in [3.63, 3.8) is 0 Å². The molecule has 2 aromatic rings. The molecule has 1 aliphatic heterocycles. The Hall–Kier alpha value is -2.73. The smallest absolute Gasteiger partial charge is 0.264 e. The van der Waals surface area contributed by atoms with Crippen molar-refractivity contribution in [1.82, 2.24) is 5.32 Å². The molecule has 0 unspecified atom stereocenters.